The first-order chi connectivity index (χ1) is 9.31. The normalized spacial score (nSPS) is 18.8. The molecule has 1 heterocycles. The average Bonchev–Trinajstić information content (AvgIpc) is 2.34. The first-order valence-corrected chi connectivity index (χ1v) is 6.71. The summed E-state index contributed by atoms with van der Waals surface area (Å²) in [6, 6.07) is 0. The van der Waals surface area contributed by atoms with E-state index in [0.29, 0.717) is 38.4 Å². The number of hydrogen-bond acceptors (Lipinski definition) is 3. The van der Waals surface area contributed by atoms with E-state index in [1.54, 1.807) is 7.05 Å². The average molecular weight is 296 g/mol. The number of rotatable bonds is 4. The lowest BCUT2D eigenvalue weighted by Gasteiger charge is -2.32. The quantitative estimate of drug-likeness (QED) is 0.586. The molecule has 0 aromatic heterocycles. The highest BCUT2D eigenvalue weighted by Crippen LogP contribution is 2.15. The Morgan fingerprint density at radius 3 is 2.50 bits per heavy atom. The molecule has 118 valence electrons. The lowest BCUT2D eigenvalue weighted by atomic mass is 10.1. The molecule has 1 fully saturated rings. The Morgan fingerprint density at radius 1 is 1.40 bits per heavy atom. The fourth-order valence-corrected chi connectivity index (χ4v) is 2.15. The van der Waals surface area contributed by atoms with E-state index >= 15 is 0 Å². The van der Waals surface area contributed by atoms with Crippen molar-refractivity contribution in [3.63, 3.8) is 0 Å². The summed E-state index contributed by atoms with van der Waals surface area (Å²) in [5, 5.41) is 12.5. The molecule has 0 aliphatic carbocycles. The molecule has 0 aromatic rings. The van der Waals surface area contributed by atoms with Gasteiger partial charge in [0.15, 0.2) is 5.96 Å². The van der Waals surface area contributed by atoms with E-state index in [1.807, 2.05) is 4.90 Å². The molecule has 20 heavy (non-hydrogen) atoms. The molecule has 0 spiro atoms. The van der Waals surface area contributed by atoms with Crippen molar-refractivity contribution in [1.29, 1.82) is 0 Å². The summed E-state index contributed by atoms with van der Waals surface area (Å²) in [6.07, 6.45) is -3.05. The van der Waals surface area contributed by atoms with Crippen LogP contribution < -0.4 is 5.32 Å². The van der Waals surface area contributed by atoms with Crippen molar-refractivity contribution < 1.29 is 18.3 Å². The first kappa shape index (κ1) is 17.0. The third-order valence-corrected chi connectivity index (χ3v) is 3.20. The summed E-state index contributed by atoms with van der Waals surface area (Å²) in [4.78, 5) is 7.35. The van der Waals surface area contributed by atoms with Crippen molar-refractivity contribution >= 4 is 5.96 Å². The van der Waals surface area contributed by atoms with Crippen molar-refractivity contribution in [2.45, 2.75) is 25.1 Å². The molecule has 1 aliphatic rings. The second-order valence-electron chi connectivity index (χ2n) is 5.05. The van der Waals surface area contributed by atoms with Crippen LogP contribution in [-0.4, -0.2) is 80.0 Å². The summed E-state index contributed by atoms with van der Waals surface area (Å²) in [7, 11) is 3.09. The molecule has 5 nitrogen and oxygen atoms in total. The van der Waals surface area contributed by atoms with Crippen LogP contribution in [0.3, 0.4) is 0 Å². The second kappa shape index (κ2) is 7.68. The number of nitrogens with one attached hydrogen (secondary N) is 1. The van der Waals surface area contributed by atoms with Gasteiger partial charge in [-0.15, -0.1) is 0 Å². The molecular formula is C12H23F3N4O. The minimum absolute atomic E-state index is 0.262. The Hall–Kier alpha value is -1.02. The number of hydrogen-bond donors (Lipinski definition) is 2. The largest absolute Gasteiger partial charge is 0.401 e. The number of alkyl halides is 3. The van der Waals surface area contributed by atoms with Crippen molar-refractivity contribution in [3.8, 4) is 0 Å². The fraction of sp³-hybridized carbons (Fsp3) is 0.917. The predicted octanol–water partition coefficient (Wildman–Crippen LogP) is 0.513. The second-order valence-corrected chi connectivity index (χ2v) is 5.05. The third kappa shape index (κ3) is 6.42. The molecule has 2 N–H and O–H groups in total. The van der Waals surface area contributed by atoms with Gasteiger partial charge >= 0.3 is 6.18 Å². The number of likely N-dealkylation sites (N-methyl/N-ethyl adjacent to an activating group) is 1. The Labute approximate surface area is 117 Å². The lowest BCUT2D eigenvalue weighted by Crippen LogP contribution is -2.48. The minimum atomic E-state index is -4.17. The van der Waals surface area contributed by atoms with Gasteiger partial charge in [0, 0.05) is 33.2 Å². The Bertz CT molecular complexity index is 314. The molecule has 0 atom stereocenters. The molecule has 0 unspecified atom stereocenters. The van der Waals surface area contributed by atoms with Gasteiger partial charge < -0.3 is 15.3 Å². The van der Waals surface area contributed by atoms with Crippen molar-refractivity contribution in [3.05, 3.63) is 0 Å². The topological polar surface area (TPSA) is 51.1 Å². The van der Waals surface area contributed by atoms with Crippen molar-refractivity contribution in [2.75, 3.05) is 46.8 Å². The highest BCUT2D eigenvalue weighted by atomic mass is 19.4. The Balaban J connectivity index is 2.28. The smallest absolute Gasteiger partial charge is 0.393 e. The van der Waals surface area contributed by atoms with E-state index in [-0.39, 0.29) is 12.6 Å². The van der Waals surface area contributed by atoms with Gasteiger partial charge in [-0.1, -0.05) is 0 Å². The molecule has 0 radical (unpaired) electrons. The van der Waals surface area contributed by atoms with Crippen LogP contribution in [0.5, 0.6) is 0 Å². The van der Waals surface area contributed by atoms with Crippen molar-refractivity contribution in [2.24, 2.45) is 4.99 Å². The Kier molecular flexibility index (Phi) is 6.54. The number of likely N-dealkylation sites (tertiary alicyclic amines) is 1. The third-order valence-electron chi connectivity index (χ3n) is 3.20. The number of aliphatic hydroxyl groups is 1. The van der Waals surface area contributed by atoms with E-state index in [0.717, 1.165) is 0 Å². The van der Waals surface area contributed by atoms with Crippen LogP contribution in [0.1, 0.15) is 12.8 Å². The zero-order valence-corrected chi connectivity index (χ0v) is 11.9. The summed E-state index contributed by atoms with van der Waals surface area (Å²) < 4.78 is 36.5. The maximum atomic E-state index is 12.2. The molecule has 1 aliphatic heterocycles. The van der Waals surface area contributed by atoms with E-state index in [9.17, 15) is 18.3 Å². The van der Waals surface area contributed by atoms with Crippen LogP contribution in [0.15, 0.2) is 4.99 Å². The van der Waals surface area contributed by atoms with Crippen molar-refractivity contribution in [1.82, 2.24) is 15.1 Å². The van der Waals surface area contributed by atoms with Crippen LogP contribution >= 0.6 is 0 Å². The standard InChI is InChI=1S/C12H23F3N4O/c1-16-11(19-6-3-10(20)4-7-19)17-5-8-18(2)9-12(13,14)15/h10,20H,3-9H2,1-2H3,(H,16,17). The van der Waals surface area contributed by atoms with Crippen LogP contribution in [0.2, 0.25) is 0 Å². The maximum absolute atomic E-state index is 12.2. The highest BCUT2D eigenvalue weighted by Gasteiger charge is 2.29. The molecule has 1 saturated heterocycles. The molecule has 0 amide bonds. The maximum Gasteiger partial charge on any atom is 0.401 e. The molecule has 1 rings (SSSR count). The summed E-state index contributed by atoms with van der Waals surface area (Å²) >= 11 is 0. The van der Waals surface area contributed by atoms with E-state index in [1.165, 1.54) is 11.9 Å². The number of guanidine groups is 1. The number of piperidine rings is 1. The van der Waals surface area contributed by atoms with Gasteiger partial charge in [0.1, 0.15) is 0 Å². The van der Waals surface area contributed by atoms with Gasteiger partial charge in [0.25, 0.3) is 0 Å². The molecule has 0 bridgehead atoms. The number of nitrogens with zero attached hydrogens (tertiary/aromatic N) is 3. The van der Waals surface area contributed by atoms with E-state index in [4.69, 9.17) is 0 Å². The molecular weight excluding hydrogens is 273 g/mol. The monoisotopic (exact) mass is 296 g/mol. The van der Waals surface area contributed by atoms with Gasteiger partial charge in [-0.3, -0.25) is 9.89 Å². The van der Waals surface area contributed by atoms with E-state index in [2.05, 4.69) is 10.3 Å². The van der Waals surface area contributed by atoms with Crippen LogP contribution in [-0.2, 0) is 0 Å². The summed E-state index contributed by atoms with van der Waals surface area (Å²) in [5.41, 5.74) is 0. The zero-order chi connectivity index (χ0) is 15.2. The SMILES string of the molecule is CN=C(NCCN(C)CC(F)(F)F)N1CCC(O)CC1. The number of halogens is 3. The zero-order valence-electron chi connectivity index (χ0n) is 11.9. The predicted molar refractivity (Wildman–Crippen MR) is 71.7 cm³/mol. The molecule has 0 aromatic carbocycles. The van der Waals surface area contributed by atoms with Crippen LogP contribution in [0.4, 0.5) is 13.2 Å². The highest BCUT2D eigenvalue weighted by molar-refractivity contribution is 5.79. The number of aliphatic imine (C=N–C) groups is 1. The lowest BCUT2D eigenvalue weighted by molar-refractivity contribution is -0.142. The fourth-order valence-electron chi connectivity index (χ4n) is 2.15. The van der Waals surface area contributed by atoms with E-state index < -0.39 is 12.7 Å². The summed E-state index contributed by atoms with van der Waals surface area (Å²) in [5.74, 6) is 0.678. The van der Waals surface area contributed by atoms with Gasteiger partial charge in [-0.05, 0) is 19.9 Å². The Morgan fingerprint density at radius 2 is 2.00 bits per heavy atom. The molecule has 0 saturated carbocycles. The van der Waals surface area contributed by atoms with Gasteiger partial charge in [-0.2, -0.15) is 13.2 Å². The van der Waals surface area contributed by atoms with Gasteiger partial charge in [0.2, 0.25) is 0 Å². The summed E-state index contributed by atoms with van der Waals surface area (Å²) in [6.45, 7) is 1.19. The van der Waals surface area contributed by atoms with Gasteiger partial charge in [0.05, 0.1) is 12.6 Å². The van der Waals surface area contributed by atoms with Crippen LogP contribution in [0.25, 0.3) is 0 Å². The minimum Gasteiger partial charge on any atom is -0.393 e. The first-order valence-electron chi connectivity index (χ1n) is 6.71. The number of aliphatic hydroxyl groups excluding tert-OH is 1. The molecule has 8 heteroatoms. The van der Waals surface area contributed by atoms with Gasteiger partial charge in [-0.25, -0.2) is 0 Å². The van der Waals surface area contributed by atoms with Crippen LogP contribution in [0, 0.1) is 0 Å².